The monoisotopic (exact) mass is 612 g/mol. The Labute approximate surface area is 279 Å². The van der Waals surface area contributed by atoms with Gasteiger partial charge >= 0.3 is 0 Å². The third-order valence-electron chi connectivity index (χ3n) is 10.4. The number of fused-ring (bicyclic) bond motifs is 8. The van der Waals surface area contributed by atoms with Crippen LogP contribution < -0.4 is 52.1 Å². The molecule has 0 saturated heterocycles. The van der Waals surface area contributed by atoms with E-state index in [9.17, 15) is 0 Å². The Kier molecular flexibility index (Phi) is 5.25. The summed E-state index contributed by atoms with van der Waals surface area (Å²) in [7, 11) is 0. The fourth-order valence-corrected chi connectivity index (χ4v) is 8.47. The Balaban J connectivity index is 1.13. The van der Waals surface area contributed by atoms with Crippen molar-refractivity contribution in [3.05, 3.63) is 158 Å². The van der Waals surface area contributed by atoms with Crippen molar-refractivity contribution in [1.82, 2.24) is 0 Å². The topological polar surface area (TPSA) is 24.9 Å². The maximum absolute atomic E-state index is 6.90. The molecule has 6 heteroatoms. The van der Waals surface area contributed by atoms with Gasteiger partial charge in [-0.25, -0.2) is 0 Å². The minimum Gasteiger partial charge on any atom is -0.458 e. The maximum Gasteiger partial charge on any atom is 0.256 e. The smallest absolute Gasteiger partial charge is 0.256 e. The summed E-state index contributed by atoms with van der Waals surface area (Å²) in [5.41, 5.74) is 14.1. The van der Waals surface area contributed by atoms with Gasteiger partial charge in [0.25, 0.3) is 13.4 Å². The zero-order chi connectivity index (χ0) is 31.3. The number of ether oxygens (including phenoxy) is 2. The van der Waals surface area contributed by atoms with Crippen LogP contribution in [0.2, 0.25) is 0 Å². The molecule has 0 amide bonds. The first-order chi connectivity index (χ1) is 23.8. The van der Waals surface area contributed by atoms with E-state index in [1.807, 2.05) is 0 Å². The fourth-order valence-electron chi connectivity index (χ4n) is 8.47. The molecule has 11 rings (SSSR count). The van der Waals surface area contributed by atoms with Crippen molar-refractivity contribution in [3.63, 3.8) is 0 Å². The molecule has 0 N–H and O–H groups in total. The van der Waals surface area contributed by atoms with Crippen LogP contribution in [0.5, 0.6) is 23.0 Å². The molecule has 0 radical (unpaired) electrons. The van der Waals surface area contributed by atoms with Crippen molar-refractivity contribution in [2.75, 3.05) is 9.80 Å². The third kappa shape index (κ3) is 3.46. The van der Waals surface area contributed by atoms with E-state index in [2.05, 4.69) is 168 Å². The molecule has 0 spiro atoms. The number of nitrogens with zero attached hydrogens (tertiary/aromatic N) is 2. The van der Waals surface area contributed by atoms with E-state index < -0.39 is 0 Å². The van der Waals surface area contributed by atoms with Crippen LogP contribution in [0.15, 0.2) is 158 Å². The number of anilines is 6. The lowest BCUT2D eigenvalue weighted by Gasteiger charge is -2.42. The van der Waals surface area contributed by atoms with Gasteiger partial charge in [0.05, 0.1) is 0 Å². The number of rotatable bonds is 2. The highest BCUT2D eigenvalue weighted by atomic mass is 16.5. The summed E-state index contributed by atoms with van der Waals surface area (Å²) in [6.45, 7) is 0.00918. The van der Waals surface area contributed by atoms with E-state index in [4.69, 9.17) is 9.47 Å². The second-order valence-electron chi connectivity index (χ2n) is 12.8. The first-order valence-corrected chi connectivity index (χ1v) is 16.5. The normalized spacial score (nSPS) is 14.0. The molecular weight excluding hydrogens is 586 g/mol. The molecule has 0 saturated carbocycles. The highest BCUT2D eigenvalue weighted by Crippen LogP contribution is 2.43. The van der Waals surface area contributed by atoms with Gasteiger partial charge in [0.2, 0.25) is 0 Å². The summed E-state index contributed by atoms with van der Waals surface area (Å²) in [5, 5.41) is 0. The summed E-state index contributed by atoms with van der Waals surface area (Å²) in [6, 6.07) is 56.2. The zero-order valence-corrected chi connectivity index (χ0v) is 25.9. The van der Waals surface area contributed by atoms with Crippen LogP contribution >= 0.6 is 0 Å². The van der Waals surface area contributed by atoms with Gasteiger partial charge in [-0.15, -0.1) is 0 Å². The van der Waals surface area contributed by atoms with E-state index in [-0.39, 0.29) is 13.4 Å². The molecule has 0 unspecified atom stereocenters. The van der Waals surface area contributed by atoms with Crippen molar-refractivity contribution in [2.24, 2.45) is 0 Å². The van der Waals surface area contributed by atoms with E-state index in [1.54, 1.807) is 0 Å². The van der Waals surface area contributed by atoms with Gasteiger partial charge < -0.3 is 19.3 Å². The Morgan fingerprint density at radius 3 is 1.19 bits per heavy atom. The van der Waals surface area contributed by atoms with Gasteiger partial charge in [0.1, 0.15) is 23.0 Å². The maximum atomic E-state index is 6.90. The highest BCUT2D eigenvalue weighted by molar-refractivity contribution is 7.01. The summed E-state index contributed by atoms with van der Waals surface area (Å²) in [6.07, 6.45) is 0. The van der Waals surface area contributed by atoms with E-state index in [1.165, 1.54) is 33.2 Å². The molecule has 0 bridgehead atoms. The van der Waals surface area contributed by atoms with Gasteiger partial charge in [-0.3, -0.25) is 0 Å². The minimum absolute atomic E-state index is 0.00459. The summed E-state index contributed by atoms with van der Waals surface area (Å²) >= 11 is 0. The van der Waals surface area contributed by atoms with Crippen LogP contribution in [0.1, 0.15) is 0 Å². The molecule has 4 nitrogen and oxygen atoms in total. The van der Waals surface area contributed by atoms with E-state index in [0.717, 1.165) is 56.7 Å². The molecule has 7 aromatic rings. The van der Waals surface area contributed by atoms with Crippen molar-refractivity contribution in [3.8, 4) is 23.0 Å². The van der Waals surface area contributed by atoms with Crippen LogP contribution in [0.4, 0.5) is 34.1 Å². The quantitative estimate of drug-likeness (QED) is 0.209. The molecule has 0 atom stereocenters. The second-order valence-corrected chi connectivity index (χ2v) is 12.8. The van der Waals surface area contributed by atoms with Crippen molar-refractivity contribution in [2.45, 2.75) is 0 Å². The molecule has 4 aliphatic heterocycles. The van der Waals surface area contributed by atoms with Crippen molar-refractivity contribution < 1.29 is 9.47 Å². The van der Waals surface area contributed by atoms with Crippen LogP contribution in [-0.2, 0) is 0 Å². The number of hydrogen-bond donors (Lipinski definition) is 0. The Hall–Kier alpha value is -6.13. The van der Waals surface area contributed by atoms with E-state index in [0.29, 0.717) is 0 Å². The Morgan fingerprint density at radius 1 is 0.333 bits per heavy atom. The highest BCUT2D eigenvalue weighted by Gasteiger charge is 2.46. The number of benzene rings is 7. The van der Waals surface area contributed by atoms with Crippen molar-refractivity contribution >= 4 is 80.3 Å². The summed E-state index contributed by atoms with van der Waals surface area (Å²) in [5.74, 6) is 3.58. The molecule has 48 heavy (non-hydrogen) atoms. The first-order valence-electron chi connectivity index (χ1n) is 16.5. The molecule has 7 aromatic carbocycles. The standard InChI is InChI=1S/C42H26B2N2O2/c1-3-13-27(14-4-1)45-33-19-9-7-17-29(33)43-31-25-40-32(26-39(31)47-37-23-11-21-35(45)41(37)43)44-30-18-8-10-20-34(30)46(28-15-5-2-6-16-28)36-22-12-24-38(48-40)42(36)44/h1-26H. The second kappa shape index (κ2) is 9.69. The fraction of sp³-hybridized carbons (Fsp3) is 0. The summed E-state index contributed by atoms with van der Waals surface area (Å²) < 4.78 is 13.8. The first kappa shape index (κ1) is 26.0. The van der Waals surface area contributed by atoms with Crippen LogP contribution in [0.3, 0.4) is 0 Å². The largest absolute Gasteiger partial charge is 0.458 e. The summed E-state index contributed by atoms with van der Waals surface area (Å²) in [4.78, 5) is 4.73. The average Bonchev–Trinajstić information content (AvgIpc) is 3.14. The molecule has 0 aliphatic carbocycles. The van der Waals surface area contributed by atoms with Gasteiger partial charge in [-0.05, 0) is 106 Å². The van der Waals surface area contributed by atoms with Crippen molar-refractivity contribution in [1.29, 1.82) is 0 Å². The lowest BCUT2D eigenvalue weighted by molar-refractivity contribution is 0.476. The van der Waals surface area contributed by atoms with Gasteiger partial charge in [-0.2, -0.15) is 0 Å². The average molecular weight is 612 g/mol. The van der Waals surface area contributed by atoms with E-state index >= 15 is 0 Å². The number of hydrogen-bond acceptors (Lipinski definition) is 4. The van der Waals surface area contributed by atoms with Gasteiger partial charge in [-0.1, -0.05) is 84.9 Å². The van der Waals surface area contributed by atoms with Crippen LogP contribution in [0.25, 0.3) is 0 Å². The number of para-hydroxylation sites is 4. The molecule has 0 aromatic heterocycles. The lowest BCUT2D eigenvalue weighted by atomic mass is 9.32. The zero-order valence-electron chi connectivity index (χ0n) is 25.9. The Morgan fingerprint density at radius 2 is 0.729 bits per heavy atom. The van der Waals surface area contributed by atoms with Crippen LogP contribution in [-0.4, -0.2) is 13.4 Å². The van der Waals surface area contributed by atoms with Crippen LogP contribution in [0, 0.1) is 0 Å². The SMILES string of the molecule is c1ccc(N2c3ccccc3B3c4cc5c(cc4Oc4cccc2c43)B2c3ccccc3N(c3ccccc3)c3cccc(c32)O5)cc1. The minimum atomic E-state index is 0.00459. The molecule has 222 valence electrons. The van der Waals surface area contributed by atoms with Gasteiger partial charge in [0, 0.05) is 34.1 Å². The molecule has 4 heterocycles. The predicted molar refractivity (Wildman–Crippen MR) is 198 cm³/mol. The lowest BCUT2D eigenvalue weighted by Crippen LogP contribution is -2.62. The molecule has 0 fully saturated rings. The molecular formula is C42H26B2N2O2. The third-order valence-corrected chi connectivity index (χ3v) is 10.4. The Bertz CT molecular complexity index is 2280. The van der Waals surface area contributed by atoms with Gasteiger partial charge in [0.15, 0.2) is 0 Å². The molecule has 4 aliphatic rings. The predicted octanol–water partition coefficient (Wildman–Crippen LogP) is 6.50.